The molecular weight excluding hydrogens is 285 g/mol. The first-order valence-electron chi connectivity index (χ1n) is 6.26. The summed E-state index contributed by atoms with van der Waals surface area (Å²) in [6.45, 7) is 4.27. The Morgan fingerprint density at radius 2 is 2.00 bits per heavy atom. The monoisotopic (exact) mass is 300 g/mol. The van der Waals surface area contributed by atoms with Crippen molar-refractivity contribution >= 4 is 16.9 Å². The third kappa shape index (κ3) is 3.14. The molecule has 114 valence electrons. The molecule has 1 atom stereocenters. The van der Waals surface area contributed by atoms with E-state index in [0.717, 1.165) is 0 Å². The van der Waals surface area contributed by atoms with E-state index >= 15 is 0 Å². The van der Waals surface area contributed by atoms with Crippen molar-refractivity contribution in [3.8, 4) is 0 Å². The summed E-state index contributed by atoms with van der Waals surface area (Å²) in [7, 11) is 0. The van der Waals surface area contributed by atoms with Gasteiger partial charge in [-0.2, -0.15) is 18.3 Å². The fourth-order valence-electron chi connectivity index (χ4n) is 2.05. The summed E-state index contributed by atoms with van der Waals surface area (Å²) in [5, 5.41) is 8.74. The Bertz CT molecular complexity index is 643. The van der Waals surface area contributed by atoms with Crippen LogP contribution in [0.3, 0.4) is 0 Å². The molecule has 0 aliphatic rings. The average Bonchev–Trinajstić information content (AvgIpc) is 2.80. The normalized spacial score (nSPS) is 14.2. The van der Waals surface area contributed by atoms with Crippen molar-refractivity contribution in [3.63, 3.8) is 0 Å². The minimum absolute atomic E-state index is 0.104. The van der Waals surface area contributed by atoms with E-state index in [0.29, 0.717) is 11.0 Å². The summed E-state index contributed by atoms with van der Waals surface area (Å²) in [6, 6.07) is -0.587. The number of fused-ring (bicyclic) bond motifs is 1. The van der Waals surface area contributed by atoms with E-state index in [1.807, 2.05) is 0 Å². The van der Waals surface area contributed by atoms with E-state index in [-0.39, 0.29) is 5.56 Å². The van der Waals surface area contributed by atoms with E-state index in [1.54, 1.807) is 0 Å². The quantitative estimate of drug-likeness (QED) is 0.895. The number of aromatic nitrogens is 3. The molecule has 2 rings (SSSR count). The SMILES string of the molecule is CC(C)(C)C(NC(=O)c1ccnc2[nH]ncc12)C(F)(F)F. The lowest BCUT2D eigenvalue weighted by atomic mass is 9.86. The summed E-state index contributed by atoms with van der Waals surface area (Å²) in [4.78, 5) is 16.1. The Labute approximate surface area is 118 Å². The van der Waals surface area contributed by atoms with Gasteiger partial charge < -0.3 is 5.32 Å². The Balaban J connectivity index is 2.34. The number of carbonyl (C=O) groups is 1. The van der Waals surface area contributed by atoms with Gasteiger partial charge in [-0.1, -0.05) is 20.8 Å². The number of nitrogens with zero attached hydrogens (tertiary/aromatic N) is 2. The fraction of sp³-hybridized carbons (Fsp3) is 0.462. The lowest BCUT2D eigenvalue weighted by Gasteiger charge is -2.33. The third-order valence-corrected chi connectivity index (χ3v) is 3.07. The molecule has 2 heterocycles. The maximum absolute atomic E-state index is 13.1. The molecule has 0 bridgehead atoms. The highest BCUT2D eigenvalue weighted by molar-refractivity contribution is 6.05. The summed E-state index contributed by atoms with van der Waals surface area (Å²) in [5.74, 6) is -0.805. The molecule has 8 heteroatoms. The minimum atomic E-state index is -4.53. The summed E-state index contributed by atoms with van der Waals surface area (Å²) in [6.07, 6.45) is -1.83. The molecule has 2 aromatic heterocycles. The van der Waals surface area contributed by atoms with Crippen LogP contribution in [-0.2, 0) is 0 Å². The van der Waals surface area contributed by atoms with Gasteiger partial charge in [-0.15, -0.1) is 0 Å². The molecule has 0 saturated carbocycles. The van der Waals surface area contributed by atoms with Crippen molar-refractivity contribution < 1.29 is 18.0 Å². The van der Waals surface area contributed by atoms with Crippen molar-refractivity contribution in [2.75, 3.05) is 0 Å². The maximum atomic E-state index is 13.1. The number of alkyl halides is 3. The number of carbonyl (C=O) groups excluding carboxylic acids is 1. The molecule has 0 aromatic carbocycles. The highest BCUT2D eigenvalue weighted by atomic mass is 19.4. The second kappa shape index (κ2) is 5.01. The van der Waals surface area contributed by atoms with Crippen molar-refractivity contribution in [1.82, 2.24) is 20.5 Å². The van der Waals surface area contributed by atoms with Crippen molar-refractivity contribution in [2.24, 2.45) is 5.41 Å². The van der Waals surface area contributed by atoms with Crippen LogP contribution >= 0.6 is 0 Å². The highest BCUT2D eigenvalue weighted by Gasteiger charge is 2.47. The van der Waals surface area contributed by atoms with Gasteiger partial charge in [0.05, 0.1) is 17.1 Å². The van der Waals surface area contributed by atoms with Crippen LogP contribution in [-0.4, -0.2) is 33.3 Å². The molecule has 1 unspecified atom stereocenters. The molecule has 0 saturated heterocycles. The molecule has 0 spiro atoms. The van der Waals surface area contributed by atoms with Gasteiger partial charge in [0.1, 0.15) is 6.04 Å². The van der Waals surface area contributed by atoms with Gasteiger partial charge in [0.15, 0.2) is 5.65 Å². The Kier molecular flexibility index (Phi) is 3.65. The van der Waals surface area contributed by atoms with E-state index < -0.39 is 23.5 Å². The number of amides is 1. The standard InChI is InChI=1S/C13H15F3N4O/c1-12(2,3)11(13(14,15)16)19-10(21)7-4-5-17-9-8(7)6-18-20-9/h4-6,11H,1-3H3,(H,19,21)(H,17,18,20). The summed E-state index contributed by atoms with van der Waals surface area (Å²) in [5.41, 5.74) is -0.703. The molecular formula is C13H15F3N4O. The zero-order chi connectivity index (χ0) is 15.8. The van der Waals surface area contributed by atoms with Crippen molar-refractivity contribution in [2.45, 2.75) is 33.0 Å². The lowest BCUT2D eigenvalue weighted by molar-refractivity contribution is -0.174. The van der Waals surface area contributed by atoms with Crippen LogP contribution in [0.2, 0.25) is 0 Å². The molecule has 2 N–H and O–H groups in total. The number of hydrogen-bond acceptors (Lipinski definition) is 3. The highest BCUT2D eigenvalue weighted by Crippen LogP contribution is 2.33. The number of H-pyrrole nitrogens is 1. The van der Waals surface area contributed by atoms with Gasteiger partial charge in [-0.3, -0.25) is 9.89 Å². The molecule has 0 aliphatic carbocycles. The second-order valence-electron chi connectivity index (χ2n) is 5.80. The Morgan fingerprint density at radius 1 is 1.33 bits per heavy atom. The zero-order valence-electron chi connectivity index (χ0n) is 11.7. The van der Waals surface area contributed by atoms with Gasteiger partial charge >= 0.3 is 6.18 Å². The predicted molar refractivity (Wildman–Crippen MR) is 70.7 cm³/mol. The molecule has 0 aliphatic heterocycles. The van der Waals surface area contributed by atoms with Crippen LogP contribution < -0.4 is 5.32 Å². The van der Waals surface area contributed by atoms with E-state index in [4.69, 9.17) is 0 Å². The van der Waals surface area contributed by atoms with Crippen molar-refractivity contribution in [3.05, 3.63) is 24.0 Å². The second-order valence-corrected chi connectivity index (χ2v) is 5.80. The zero-order valence-corrected chi connectivity index (χ0v) is 11.7. The summed E-state index contributed by atoms with van der Waals surface area (Å²) < 4.78 is 39.3. The topological polar surface area (TPSA) is 70.7 Å². The van der Waals surface area contributed by atoms with E-state index in [1.165, 1.54) is 39.2 Å². The van der Waals surface area contributed by atoms with Crippen LogP contribution in [0.1, 0.15) is 31.1 Å². The number of halogens is 3. The Hall–Kier alpha value is -2.12. The first-order chi connectivity index (χ1) is 9.60. The molecule has 1 amide bonds. The van der Waals surface area contributed by atoms with Crippen molar-refractivity contribution in [1.29, 1.82) is 0 Å². The van der Waals surface area contributed by atoms with Gasteiger partial charge in [-0.05, 0) is 11.5 Å². The first kappa shape index (κ1) is 15.3. The number of pyridine rings is 1. The van der Waals surface area contributed by atoms with E-state index in [2.05, 4.69) is 20.5 Å². The Morgan fingerprint density at radius 3 is 2.57 bits per heavy atom. The molecule has 0 fully saturated rings. The molecule has 21 heavy (non-hydrogen) atoms. The molecule has 2 aromatic rings. The number of aromatic amines is 1. The van der Waals surface area contributed by atoms with Gasteiger partial charge in [-0.25, -0.2) is 4.98 Å². The third-order valence-electron chi connectivity index (χ3n) is 3.07. The van der Waals surface area contributed by atoms with Crippen LogP contribution in [0, 0.1) is 5.41 Å². The smallest absolute Gasteiger partial charge is 0.340 e. The largest absolute Gasteiger partial charge is 0.409 e. The molecule has 5 nitrogen and oxygen atoms in total. The fourth-order valence-corrected chi connectivity index (χ4v) is 2.05. The van der Waals surface area contributed by atoms with Crippen LogP contribution in [0.5, 0.6) is 0 Å². The first-order valence-corrected chi connectivity index (χ1v) is 6.26. The van der Waals surface area contributed by atoms with E-state index in [9.17, 15) is 18.0 Å². The van der Waals surface area contributed by atoms with Crippen LogP contribution in [0.4, 0.5) is 13.2 Å². The van der Waals surface area contributed by atoms with Crippen LogP contribution in [0.25, 0.3) is 11.0 Å². The van der Waals surface area contributed by atoms with Gasteiger partial charge in [0.25, 0.3) is 5.91 Å². The number of hydrogen-bond donors (Lipinski definition) is 2. The summed E-state index contributed by atoms with van der Waals surface area (Å²) >= 11 is 0. The van der Waals surface area contributed by atoms with Gasteiger partial charge in [0, 0.05) is 6.20 Å². The maximum Gasteiger partial charge on any atom is 0.409 e. The van der Waals surface area contributed by atoms with Crippen LogP contribution in [0.15, 0.2) is 18.5 Å². The lowest BCUT2D eigenvalue weighted by Crippen LogP contribution is -2.53. The number of rotatable bonds is 2. The molecule has 0 radical (unpaired) electrons. The minimum Gasteiger partial charge on any atom is -0.340 e. The van der Waals surface area contributed by atoms with Gasteiger partial charge in [0.2, 0.25) is 0 Å². The predicted octanol–water partition coefficient (Wildman–Crippen LogP) is 2.66. The average molecular weight is 300 g/mol. The number of nitrogens with one attached hydrogen (secondary N) is 2.